The maximum Gasteiger partial charge on any atom is 0.134 e. The van der Waals surface area contributed by atoms with Crippen molar-refractivity contribution in [2.45, 2.75) is 6.61 Å². The Kier molecular flexibility index (Phi) is 3.60. The van der Waals surface area contributed by atoms with Gasteiger partial charge in [-0.1, -0.05) is 12.1 Å². The Morgan fingerprint density at radius 2 is 1.88 bits per heavy atom. The van der Waals surface area contributed by atoms with Crippen LogP contribution in [0.15, 0.2) is 42.5 Å². The summed E-state index contributed by atoms with van der Waals surface area (Å²) < 4.78 is 23.3. The zero-order chi connectivity index (χ0) is 12.1. The minimum Gasteiger partial charge on any atom is -0.497 e. The summed E-state index contributed by atoms with van der Waals surface area (Å²) in [6.07, 6.45) is 0. The van der Waals surface area contributed by atoms with Crippen LogP contribution in [-0.4, -0.2) is 7.11 Å². The predicted molar refractivity (Wildman–Crippen MR) is 62.6 cm³/mol. The quantitative estimate of drug-likeness (QED) is 0.804. The number of benzene rings is 2. The molecule has 0 heterocycles. The van der Waals surface area contributed by atoms with Crippen LogP contribution in [0.2, 0.25) is 0 Å². The van der Waals surface area contributed by atoms with Crippen LogP contribution in [0.3, 0.4) is 0 Å². The van der Waals surface area contributed by atoms with E-state index in [1.54, 1.807) is 13.2 Å². The fraction of sp³-hybridized carbons (Fsp3) is 0.143. The summed E-state index contributed by atoms with van der Waals surface area (Å²) in [6.45, 7) is 0.396. The molecule has 0 amide bonds. The summed E-state index contributed by atoms with van der Waals surface area (Å²) in [4.78, 5) is 0. The monoisotopic (exact) mass is 231 g/mol. The molecule has 0 fully saturated rings. The van der Waals surface area contributed by atoms with Crippen LogP contribution in [0.5, 0.6) is 11.5 Å². The molecule has 2 rings (SSSR count). The second-order valence-electron chi connectivity index (χ2n) is 3.51. The molecule has 17 heavy (non-hydrogen) atoms. The normalized spacial score (nSPS) is 10.0. The van der Waals surface area contributed by atoms with Crippen molar-refractivity contribution in [3.8, 4) is 11.5 Å². The van der Waals surface area contributed by atoms with E-state index in [0.717, 1.165) is 11.3 Å². The molecule has 0 saturated carbocycles. The van der Waals surface area contributed by atoms with Crippen molar-refractivity contribution < 1.29 is 13.9 Å². The van der Waals surface area contributed by atoms with Gasteiger partial charge in [-0.3, -0.25) is 0 Å². The first-order valence-corrected chi connectivity index (χ1v) is 5.21. The van der Waals surface area contributed by atoms with Crippen LogP contribution in [-0.2, 0) is 6.61 Å². The van der Waals surface area contributed by atoms with Crippen molar-refractivity contribution in [1.29, 1.82) is 0 Å². The second-order valence-corrected chi connectivity index (χ2v) is 3.51. The van der Waals surface area contributed by atoms with Crippen molar-refractivity contribution in [2.24, 2.45) is 0 Å². The van der Waals surface area contributed by atoms with E-state index in [2.05, 4.69) is 6.07 Å². The van der Waals surface area contributed by atoms with Gasteiger partial charge in [0.25, 0.3) is 0 Å². The Hall–Kier alpha value is -2.03. The Labute approximate surface area is 99.6 Å². The summed E-state index contributed by atoms with van der Waals surface area (Å²) in [5.74, 6) is 0.878. The minimum atomic E-state index is -0.419. The van der Waals surface area contributed by atoms with E-state index in [1.165, 1.54) is 12.1 Å². The topological polar surface area (TPSA) is 18.5 Å². The summed E-state index contributed by atoms with van der Waals surface area (Å²) in [6, 6.07) is 14.4. The smallest absolute Gasteiger partial charge is 0.134 e. The van der Waals surface area contributed by atoms with Crippen LogP contribution in [0.1, 0.15) is 5.56 Å². The van der Waals surface area contributed by atoms with Gasteiger partial charge in [0.2, 0.25) is 0 Å². The summed E-state index contributed by atoms with van der Waals surface area (Å²) in [5.41, 5.74) is 0.999. The van der Waals surface area contributed by atoms with E-state index in [0.29, 0.717) is 12.4 Å². The van der Waals surface area contributed by atoms with Crippen LogP contribution in [0.4, 0.5) is 4.39 Å². The van der Waals surface area contributed by atoms with Crippen molar-refractivity contribution in [3.05, 3.63) is 59.9 Å². The maximum atomic E-state index is 12.8. The third-order valence-corrected chi connectivity index (χ3v) is 2.30. The predicted octanol–water partition coefficient (Wildman–Crippen LogP) is 3.21. The molecule has 87 valence electrons. The summed E-state index contributed by atoms with van der Waals surface area (Å²) in [5, 5.41) is 0. The first-order valence-electron chi connectivity index (χ1n) is 5.21. The average Bonchev–Trinajstić information content (AvgIpc) is 2.37. The highest BCUT2D eigenvalue weighted by Crippen LogP contribution is 2.15. The third-order valence-electron chi connectivity index (χ3n) is 2.30. The average molecular weight is 231 g/mol. The molecule has 2 aromatic carbocycles. The van der Waals surface area contributed by atoms with Gasteiger partial charge in [0.05, 0.1) is 7.11 Å². The molecule has 0 bridgehead atoms. The molecule has 0 aliphatic heterocycles. The Morgan fingerprint density at radius 3 is 2.53 bits per heavy atom. The lowest BCUT2D eigenvalue weighted by atomic mass is 10.2. The van der Waals surface area contributed by atoms with Crippen molar-refractivity contribution in [1.82, 2.24) is 0 Å². The standard InChI is InChI=1S/C14H12FO2/c1-16-13-7-5-11(6-8-13)10-17-14-4-2-3-12(15)9-14/h2,4-9H,10H2,1H3. The van der Waals surface area contributed by atoms with Crippen molar-refractivity contribution >= 4 is 0 Å². The number of rotatable bonds is 4. The highest BCUT2D eigenvalue weighted by atomic mass is 19.1. The minimum absolute atomic E-state index is 0.396. The molecule has 0 saturated heterocycles. The molecule has 0 atom stereocenters. The van der Waals surface area contributed by atoms with E-state index < -0.39 is 5.82 Å². The molecule has 0 N–H and O–H groups in total. The Bertz CT molecular complexity index is 480. The van der Waals surface area contributed by atoms with Crippen molar-refractivity contribution in [2.75, 3.05) is 7.11 Å². The lowest BCUT2D eigenvalue weighted by Gasteiger charge is -2.06. The van der Waals surface area contributed by atoms with E-state index in [4.69, 9.17) is 9.47 Å². The highest BCUT2D eigenvalue weighted by molar-refractivity contribution is 5.27. The lowest BCUT2D eigenvalue weighted by Crippen LogP contribution is -1.95. The molecule has 1 radical (unpaired) electrons. The molecular weight excluding hydrogens is 219 g/mol. The molecule has 2 nitrogen and oxygen atoms in total. The third kappa shape index (κ3) is 3.21. The van der Waals surface area contributed by atoms with Gasteiger partial charge in [-0.05, 0) is 29.8 Å². The van der Waals surface area contributed by atoms with Crippen LogP contribution < -0.4 is 9.47 Å². The lowest BCUT2D eigenvalue weighted by molar-refractivity contribution is 0.304. The van der Waals surface area contributed by atoms with E-state index in [9.17, 15) is 4.39 Å². The zero-order valence-corrected chi connectivity index (χ0v) is 9.44. The number of ether oxygens (including phenoxy) is 2. The van der Waals surface area contributed by atoms with Crippen LogP contribution in [0.25, 0.3) is 0 Å². The van der Waals surface area contributed by atoms with Gasteiger partial charge in [0.1, 0.15) is 23.9 Å². The number of hydrogen-bond acceptors (Lipinski definition) is 2. The summed E-state index contributed by atoms with van der Waals surface area (Å²) in [7, 11) is 1.62. The van der Waals surface area contributed by atoms with Gasteiger partial charge in [-0.2, -0.15) is 0 Å². The molecular formula is C14H12FO2. The molecule has 0 unspecified atom stereocenters. The van der Waals surface area contributed by atoms with Gasteiger partial charge in [-0.15, -0.1) is 0 Å². The first-order chi connectivity index (χ1) is 8.28. The molecule has 0 aromatic heterocycles. The molecule has 3 heteroatoms. The number of methoxy groups -OCH3 is 1. The zero-order valence-electron chi connectivity index (χ0n) is 9.44. The van der Waals surface area contributed by atoms with Gasteiger partial charge in [0.15, 0.2) is 0 Å². The molecule has 0 aliphatic rings. The SMILES string of the molecule is COc1ccc(COc2cc[c]c(F)c2)cc1. The first kappa shape index (κ1) is 11.5. The van der Waals surface area contributed by atoms with Crippen LogP contribution >= 0.6 is 0 Å². The molecule has 0 aliphatic carbocycles. The Morgan fingerprint density at radius 1 is 1.12 bits per heavy atom. The summed E-state index contributed by atoms with van der Waals surface area (Å²) >= 11 is 0. The second kappa shape index (κ2) is 5.34. The number of halogens is 1. The van der Waals surface area contributed by atoms with Crippen LogP contribution in [0, 0.1) is 11.9 Å². The fourth-order valence-corrected chi connectivity index (χ4v) is 1.40. The van der Waals surface area contributed by atoms with Gasteiger partial charge in [0, 0.05) is 12.1 Å². The Balaban J connectivity index is 1.97. The van der Waals surface area contributed by atoms with E-state index >= 15 is 0 Å². The van der Waals surface area contributed by atoms with E-state index in [-0.39, 0.29) is 0 Å². The largest absolute Gasteiger partial charge is 0.497 e. The number of hydrogen-bond donors (Lipinski definition) is 0. The van der Waals surface area contributed by atoms with Gasteiger partial charge < -0.3 is 9.47 Å². The maximum absolute atomic E-state index is 12.8. The van der Waals surface area contributed by atoms with Crippen molar-refractivity contribution in [3.63, 3.8) is 0 Å². The molecule has 2 aromatic rings. The highest BCUT2D eigenvalue weighted by Gasteiger charge is 1.98. The van der Waals surface area contributed by atoms with Gasteiger partial charge in [-0.25, -0.2) is 4.39 Å². The molecule has 0 spiro atoms. The fourth-order valence-electron chi connectivity index (χ4n) is 1.40. The van der Waals surface area contributed by atoms with Gasteiger partial charge >= 0.3 is 0 Å². The van der Waals surface area contributed by atoms with E-state index in [1.807, 2.05) is 24.3 Å².